The van der Waals surface area contributed by atoms with Gasteiger partial charge in [0.25, 0.3) is 5.91 Å². The third-order valence-corrected chi connectivity index (χ3v) is 1.69. The van der Waals surface area contributed by atoms with Crippen LogP contribution in [0.2, 0.25) is 0 Å². The molecule has 14 heavy (non-hydrogen) atoms. The Labute approximate surface area is 83.0 Å². The molecule has 1 rings (SSSR count). The highest BCUT2D eigenvalue weighted by Gasteiger charge is 1.95. The Hall–Kier alpha value is -1.68. The fraction of sp³-hybridized carbons (Fsp3) is 0.200. The minimum atomic E-state index is -0.197. The van der Waals surface area contributed by atoms with Crippen LogP contribution in [0.5, 0.6) is 0 Å². The lowest BCUT2D eigenvalue weighted by Gasteiger charge is -1.98. The van der Waals surface area contributed by atoms with Crippen molar-refractivity contribution in [3.05, 3.63) is 35.7 Å². The van der Waals surface area contributed by atoms with Crippen molar-refractivity contribution in [2.75, 3.05) is 7.05 Å². The fourth-order valence-electron chi connectivity index (χ4n) is 0.992. The number of aromatic nitrogens is 1. The summed E-state index contributed by atoms with van der Waals surface area (Å²) in [5.74, 6) is -0.197. The molecule has 0 atom stereocenters. The van der Waals surface area contributed by atoms with Gasteiger partial charge in [0.2, 0.25) is 0 Å². The van der Waals surface area contributed by atoms with E-state index in [1.165, 1.54) is 6.08 Å². The first kappa shape index (κ1) is 10.4. The van der Waals surface area contributed by atoms with Crippen molar-refractivity contribution in [1.29, 1.82) is 0 Å². The van der Waals surface area contributed by atoms with Crippen LogP contribution < -0.4 is 10.9 Å². The lowest BCUT2D eigenvalue weighted by molar-refractivity contribution is -0.117. The van der Waals surface area contributed by atoms with Gasteiger partial charge in [-0.25, -0.2) is 5.43 Å². The normalized spacial score (nSPS) is 10.4. The van der Waals surface area contributed by atoms with E-state index in [4.69, 9.17) is 0 Å². The molecule has 74 valence electrons. The van der Waals surface area contributed by atoms with Crippen LogP contribution in [-0.2, 0) is 4.79 Å². The Morgan fingerprint density at radius 2 is 2.36 bits per heavy atom. The summed E-state index contributed by atoms with van der Waals surface area (Å²) >= 11 is 0. The number of aryl methyl sites for hydroxylation is 1. The van der Waals surface area contributed by atoms with E-state index in [-0.39, 0.29) is 5.91 Å². The number of hydrogen-bond acceptors (Lipinski definition) is 3. The number of amides is 1. The smallest absolute Gasteiger partial charge is 0.258 e. The molecule has 0 aliphatic heterocycles. The molecule has 0 spiro atoms. The highest BCUT2D eigenvalue weighted by atomic mass is 16.2. The van der Waals surface area contributed by atoms with Crippen molar-refractivity contribution >= 4 is 12.0 Å². The Kier molecular flexibility index (Phi) is 3.82. The zero-order valence-corrected chi connectivity index (χ0v) is 8.24. The first-order chi connectivity index (χ1) is 6.74. The molecule has 2 N–H and O–H groups in total. The van der Waals surface area contributed by atoms with E-state index in [1.54, 1.807) is 19.3 Å². The average Bonchev–Trinajstić information content (AvgIpc) is 2.17. The fourth-order valence-corrected chi connectivity index (χ4v) is 0.992. The van der Waals surface area contributed by atoms with Crippen molar-refractivity contribution in [1.82, 2.24) is 15.8 Å². The summed E-state index contributed by atoms with van der Waals surface area (Å²) in [4.78, 5) is 15.2. The Bertz CT molecular complexity index is 347. The van der Waals surface area contributed by atoms with Gasteiger partial charge in [-0.05, 0) is 24.6 Å². The van der Waals surface area contributed by atoms with Crippen molar-refractivity contribution in [2.45, 2.75) is 6.92 Å². The maximum Gasteiger partial charge on any atom is 0.258 e. The Morgan fingerprint density at radius 1 is 1.57 bits per heavy atom. The molecular formula is C10H13N3O. The predicted octanol–water partition coefficient (Wildman–Crippen LogP) is 0.654. The maximum atomic E-state index is 11.0. The highest BCUT2D eigenvalue weighted by Crippen LogP contribution is 2.04. The van der Waals surface area contributed by atoms with Gasteiger partial charge in [0.1, 0.15) is 0 Å². The molecule has 0 bridgehead atoms. The van der Waals surface area contributed by atoms with Gasteiger partial charge in [-0.1, -0.05) is 6.07 Å². The monoisotopic (exact) mass is 191 g/mol. The van der Waals surface area contributed by atoms with Gasteiger partial charge in [-0.3, -0.25) is 15.2 Å². The topological polar surface area (TPSA) is 54.0 Å². The van der Waals surface area contributed by atoms with Crippen LogP contribution in [0.1, 0.15) is 11.3 Å². The first-order valence-electron chi connectivity index (χ1n) is 4.30. The van der Waals surface area contributed by atoms with Crippen LogP contribution in [-0.4, -0.2) is 17.9 Å². The zero-order chi connectivity index (χ0) is 10.4. The molecule has 4 nitrogen and oxygen atoms in total. The van der Waals surface area contributed by atoms with Gasteiger partial charge in [-0.15, -0.1) is 0 Å². The Morgan fingerprint density at radius 3 is 3.00 bits per heavy atom. The molecule has 0 aliphatic carbocycles. The molecule has 0 aliphatic rings. The van der Waals surface area contributed by atoms with Gasteiger partial charge in [0.15, 0.2) is 0 Å². The predicted molar refractivity (Wildman–Crippen MR) is 55.2 cm³/mol. The second kappa shape index (κ2) is 5.14. The quantitative estimate of drug-likeness (QED) is 0.545. The molecule has 1 amide bonds. The number of hydrogen-bond donors (Lipinski definition) is 2. The summed E-state index contributed by atoms with van der Waals surface area (Å²) in [6, 6.07) is 3.81. The van der Waals surface area contributed by atoms with Crippen molar-refractivity contribution < 1.29 is 4.79 Å². The molecule has 1 aromatic heterocycles. The van der Waals surface area contributed by atoms with Crippen LogP contribution in [0, 0.1) is 6.92 Å². The first-order valence-corrected chi connectivity index (χ1v) is 4.30. The summed E-state index contributed by atoms with van der Waals surface area (Å²) in [7, 11) is 1.64. The number of rotatable bonds is 3. The van der Waals surface area contributed by atoms with E-state index in [2.05, 4.69) is 15.8 Å². The van der Waals surface area contributed by atoms with Crippen LogP contribution in [0.25, 0.3) is 6.08 Å². The second-order valence-electron chi connectivity index (χ2n) is 2.78. The van der Waals surface area contributed by atoms with Crippen molar-refractivity contribution in [3.63, 3.8) is 0 Å². The summed E-state index contributed by atoms with van der Waals surface area (Å²) in [5.41, 5.74) is 6.83. The van der Waals surface area contributed by atoms with Crippen LogP contribution in [0.4, 0.5) is 0 Å². The van der Waals surface area contributed by atoms with E-state index >= 15 is 0 Å². The van der Waals surface area contributed by atoms with Crippen molar-refractivity contribution in [3.8, 4) is 0 Å². The molecule has 0 fully saturated rings. The summed E-state index contributed by atoms with van der Waals surface area (Å²) in [6.07, 6.45) is 4.82. The average molecular weight is 191 g/mol. The maximum absolute atomic E-state index is 11.0. The SMILES string of the molecule is CNNC(=O)C=Cc1ncccc1C. The lowest BCUT2D eigenvalue weighted by atomic mass is 10.2. The van der Waals surface area contributed by atoms with Gasteiger partial charge < -0.3 is 0 Å². The summed E-state index contributed by atoms with van der Waals surface area (Å²) < 4.78 is 0. The number of carbonyl (C=O) groups is 1. The number of pyridine rings is 1. The van der Waals surface area contributed by atoms with E-state index in [0.29, 0.717) is 0 Å². The van der Waals surface area contributed by atoms with Gasteiger partial charge in [0, 0.05) is 19.3 Å². The molecule has 0 radical (unpaired) electrons. The number of hydrazine groups is 1. The minimum Gasteiger partial charge on any atom is -0.288 e. The van der Waals surface area contributed by atoms with Crippen LogP contribution in [0.15, 0.2) is 24.4 Å². The number of nitrogens with one attached hydrogen (secondary N) is 2. The third kappa shape index (κ3) is 2.99. The molecule has 1 aromatic rings. The Balaban J connectivity index is 2.69. The van der Waals surface area contributed by atoms with E-state index in [9.17, 15) is 4.79 Å². The molecular weight excluding hydrogens is 178 g/mol. The lowest BCUT2D eigenvalue weighted by Crippen LogP contribution is -2.32. The molecule has 0 aromatic carbocycles. The molecule has 1 heterocycles. The van der Waals surface area contributed by atoms with Gasteiger partial charge in [0.05, 0.1) is 5.69 Å². The molecule has 0 saturated heterocycles. The second-order valence-corrected chi connectivity index (χ2v) is 2.78. The minimum absolute atomic E-state index is 0.197. The number of nitrogens with zero attached hydrogens (tertiary/aromatic N) is 1. The molecule has 0 unspecified atom stereocenters. The molecule has 4 heteroatoms. The van der Waals surface area contributed by atoms with E-state index in [1.807, 2.05) is 19.1 Å². The standard InChI is InChI=1S/C10H13N3O/c1-8-4-3-7-12-9(8)5-6-10(14)13-11-2/h3-7,11H,1-2H3,(H,13,14). The largest absolute Gasteiger partial charge is 0.288 e. The van der Waals surface area contributed by atoms with Crippen molar-refractivity contribution in [2.24, 2.45) is 0 Å². The number of carbonyl (C=O) groups excluding carboxylic acids is 1. The van der Waals surface area contributed by atoms with Crippen LogP contribution >= 0.6 is 0 Å². The molecule has 0 saturated carbocycles. The zero-order valence-electron chi connectivity index (χ0n) is 8.24. The van der Waals surface area contributed by atoms with Crippen LogP contribution in [0.3, 0.4) is 0 Å². The summed E-state index contributed by atoms with van der Waals surface area (Å²) in [6.45, 7) is 1.95. The van der Waals surface area contributed by atoms with Gasteiger partial charge in [-0.2, -0.15) is 0 Å². The highest BCUT2D eigenvalue weighted by molar-refractivity contribution is 5.91. The third-order valence-electron chi connectivity index (χ3n) is 1.69. The summed E-state index contributed by atoms with van der Waals surface area (Å²) in [5, 5.41) is 0. The van der Waals surface area contributed by atoms with E-state index < -0.39 is 0 Å². The van der Waals surface area contributed by atoms with Gasteiger partial charge >= 0.3 is 0 Å². The van der Waals surface area contributed by atoms with E-state index in [0.717, 1.165) is 11.3 Å².